The number of rotatable bonds is 3. The van der Waals surface area contributed by atoms with Crippen LogP contribution in [0.3, 0.4) is 0 Å². The lowest BCUT2D eigenvalue weighted by Crippen LogP contribution is -1.80. The lowest BCUT2D eigenvalue weighted by atomic mass is 10.9. The Balaban J connectivity index is 2.38. The van der Waals surface area contributed by atoms with Crippen LogP contribution in [0.1, 0.15) is 0 Å². The lowest BCUT2D eigenvalue weighted by molar-refractivity contribution is -0.105. The summed E-state index contributed by atoms with van der Waals surface area (Å²) in [6.07, 6.45) is 2.24. The molecule has 9 heavy (non-hydrogen) atoms. The predicted molar refractivity (Wildman–Crippen MR) is 33.2 cm³/mol. The van der Waals surface area contributed by atoms with E-state index < -0.39 is 0 Å². The minimum absolute atomic E-state index is 0.426. The Morgan fingerprint density at radius 2 is 2.78 bits per heavy atom. The molecule has 0 aliphatic heterocycles. The molecule has 0 saturated heterocycles. The average molecular weight is 143 g/mol. The van der Waals surface area contributed by atoms with E-state index in [0.717, 1.165) is 6.29 Å². The van der Waals surface area contributed by atoms with Gasteiger partial charge in [-0.15, -0.1) is 0 Å². The van der Waals surface area contributed by atoms with Crippen LogP contribution >= 0.6 is 11.8 Å². The maximum atomic E-state index is 9.82. The second-order valence-corrected chi connectivity index (χ2v) is 2.28. The molecule has 0 aliphatic carbocycles. The van der Waals surface area contributed by atoms with E-state index in [1.54, 1.807) is 0 Å². The normalized spacial score (nSPS) is 9.33. The van der Waals surface area contributed by atoms with Crippen molar-refractivity contribution < 1.29 is 4.79 Å². The molecule has 1 aromatic heterocycles. The monoisotopic (exact) mass is 143 g/mol. The molecular weight excluding hydrogens is 138 g/mol. The van der Waals surface area contributed by atoms with E-state index >= 15 is 0 Å². The van der Waals surface area contributed by atoms with Gasteiger partial charge in [-0.3, -0.25) is 5.10 Å². The highest BCUT2D eigenvalue weighted by molar-refractivity contribution is 7.99. The summed E-state index contributed by atoms with van der Waals surface area (Å²) in [5.41, 5.74) is 0. The summed E-state index contributed by atoms with van der Waals surface area (Å²) in [4.78, 5) is 13.6. The van der Waals surface area contributed by atoms with Crippen molar-refractivity contribution in [2.24, 2.45) is 0 Å². The Morgan fingerprint density at radius 3 is 3.33 bits per heavy atom. The van der Waals surface area contributed by atoms with Crippen molar-refractivity contribution in [3.63, 3.8) is 0 Å². The van der Waals surface area contributed by atoms with Crippen LogP contribution in [0.4, 0.5) is 0 Å². The molecule has 1 N–H and O–H groups in total. The van der Waals surface area contributed by atoms with Crippen LogP contribution in [0, 0.1) is 0 Å². The molecule has 0 atom stereocenters. The minimum Gasteiger partial charge on any atom is -0.302 e. The first kappa shape index (κ1) is 6.28. The molecule has 0 radical (unpaired) electrons. The van der Waals surface area contributed by atoms with Crippen molar-refractivity contribution in [1.29, 1.82) is 0 Å². The van der Waals surface area contributed by atoms with Crippen molar-refractivity contribution in [1.82, 2.24) is 15.2 Å². The zero-order chi connectivity index (χ0) is 6.53. The summed E-state index contributed by atoms with van der Waals surface area (Å²) in [5, 5.41) is 6.90. The van der Waals surface area contributed by atoms with Crippen LogP contribution in [0.5, 0.6) is 0 Å². The molecule has 0 unspecified atom stereocenters. The number of aromatic nitrogens is 3. The Bertz CT molecular complexity index is 174. The number of thioether (sulfide) groups is 1. The molecule has 1 rings (SSSR count). The summed E-state index contributed by atoms with van der Waals surface area (Å²) in [6, 6.07) is 0. The zero-order valence-corrected chi connectivity index (χ0v) is 5.39. The first-order valence-electron chi connectivity index (χ1n) is 2.35. The van der Waals surface area contributed by atoms with Gasteiger partial charge in [0, 0.05) is 0 Å². The number of carbonyl (C=O) groups excluding carboxylic acids is 1. The fourth-order valence-corrected chi connectivity index (χ4v) is 0.842. The minimum atomic E-state index is 0.426. The van der Waals surface area contributed by atoms with Gasteiger partial charge in [0.15, 0.2) is 5.16 Å². The second-order valence-electron chi connectivity index (χ2n) is 1.27. The third kappa shape index (κ3) is 1.85. The molecule has 0 aromatic carbocycles. The van der Waals surface area contributed by atoms with Crippen LogP contribution in [0.15, 0.2) is 11.5 Å². The maximum absolute atomic E-state index is 9.82. The van der Waals surface area contributed by atoms with E-state index in [1.165, 1.54) is 18.1 Å². The van der Waals surface area contributed by atoms with Crippen molar-refractivity contribution in [3.05, 3.63) is 6.33 Å². The van der Waals surface area contributed by atoms with Crippen molar-refractivity contribution in [3.8, 4) is 0 Å². The van der Waals surface area contributed by atoms with E-state index in [4.69, 9.17) is 0 Å². The molecule has 0 bridgehead atoms. The predicted octanol–water partition coefficient (Wildman–Crippen LogP) is 0.0957. The molecule has 1 heterocycles. The summed E-state index contributed by atoms with van der Waals surface area (Å²) < 4.78 is 0. The Kier molecular flexibility index (Phi) is 2.26. The van der Waals surface area contributed by atoms with Gasteiger partial charge in [0.05, 0.1) is 5.75 Å². The molecule has 0 amide bonds. The molecule has 5 heteroatoms. The van der Waals surface area contributed by atoms with Gasteiger partial charge in [0.2, 0.25) is 0 Å². The molecule has 0 saturated carbocycles. The summed E-state index contributed by atoms with van der Waals surface area (Å²) in [5.74, 6) is 0.426. The smallest absolute Gasteiger partial charge is 0.183 e. The lowest BCUT2D eigenvalue weighted by Gasteiger charge is -1.83. The third-order valence-electron chi connectivity index (χ3n) is 0.681. The standard InChI is InChI=1S/C4H5N3OS/c8-1-2-9-4-5-3-6-7-4/h1,3H,2H2,(H,5,6,7). The van der Waals surface area contributed by atoms with Gasteiger partial charge in [-0.2, -0.15) is 5.10 Å². The Labute approximate surface area is 56.1 Å². The van der Waals surface area contributed by atoms with Crippen LogP contribution in [0.2, 0.25) is 0 Å². The topological polar surface area (TPSA) is 58.6 Å². The molecular formula is C4H5N3OS. The summed E-state index contributed by atoms with van der Waals surface area (Å²) >= 11 is 1.33. The number of hydrogen-bond donors (Lipinski definition) is 1. The van der Waals surface area contributed by atoms with Crippen molar-refractivity contribution in [2.75, 3.05) is 5.75 Å². The Hall–Kier alpha value is -0.840. The largest absolute Gasteiger partial charge is 0.302 e. The van der Waals surface area contributed by atoms with E-state index in [0.29, 0.717) is 10.9 Å². The number of hydrogen-bond acceptors (Lipinski definition) is 4. The highest BCUT2D eigenvalue weighted by Crippen LogP contribution is 2.07. The van der Waals surface area contributed by atoms with Gasteiger partial charge in [-0.1, -0.05) is 11.8 Å². The van der Waals surface area contributed by atoms with Gasteiger partial charge in [-0.25, -0.2) is 4.98 Å². The van der Waals surface area contributed by atoms with Crippen molar-refractivity contribution in [2.45, 2.75) is 5.16 Å². The molecule has 0 spiro atoms. The number of nitrogens with one attached hydrogen (secondary N) is 1. The maximum Gasteiger partial charge on any atom is 0.183 e. The number of H-pyrrole nitrogens is 1. The van der Waals surface area contributed by atoms with Crippen LogP contribution in [-0.4, -0.2) is 27.2 Å². The van der Waals surface area contributed by atoms with E-state index in [-0.39, 0.29) is 0 Å². The highest BCUT2D eigenvalue weighted by Gasteiger charge is 1.92. The summed E-state index contributed by atoms with van der Waals surface area (Å²) in [7, 11) is 0. The van der Waals surface area contributed by atoms with E-state index in [1.807, 2.05) is 0 Å². The van der Waals surface area contributed by atoms with Gasteiger partial charge in [0.25, 0.3) is 0 Å². The van der Waals surface area contributed by atoms with Crippen LogP contribution < -0.4 is 0 Å². The van der Waals surface area contributed by atoms with Gasteiger partial charge < -0.3 is 4.79 Å². The van der Waals surface area contributed by atoms with Gasteiger partial charge in [-0.05, 0) is 0 Å². The fraction of sp³-hybridized carbons (Fsp3) is 0.250. The summed E-state index contributed by atoms with van der Waals surface area (Å²) in [6.45, 7) is 0. The van der Waals surface area contributed by atoms with Crippen LogP contribution in [-0.2, 0) is 4.79 Å². The second kappa shape index (κ2) is 3.24. The zero-order valence-electron chi connectivity index (χ0n) is 4.57. The Morgan fingerprint density at radius 1 is 1.89 bits per heavy atom. The van der Waals surface area contributed by atoms with Crippen molar-refractivity contribution >= 4 is 18.0 Å². The first-order valence-corrected chi connectivity index (χ1v) is 3.34. The number of nitrogens with zero attached hydrogens (tertiary/aromatic N) is 2. The fourth-order valence-electron chi connectivity index (χ4n) is 0.377. The molecule has 1 aromatic rings. The van der Waals surface area contributed by atoms with E-state index in [9.17, 15) is 4.79 Å². The number of carbonyl (C=O) groups is 1. The van der Waals surface area contributed by atoms with Gasteiger partial charge in [0.1, 0.15) is 12.6 Å². The average Bonchev–Trinajstić information content (AvgIpc) is 2.34. The number of aromatic amines is 1. The van der Waals surface area contributed by atoms with Gasteiger partial charge >= 0.3 is 0 Å². The quantitative estimate of drug-likeness (QED) is 0.481. The molecule has 0 aliphatic rings. The van der Waals surface area contributed by atoms with E-state index in [2.05, 4.69) is 15.2 Å². The molecule has 0 fully saturated rings. The molecule has 4 nitrogen and oxygen atoms in total. The van der Waals surface area contributed by atoms with Crippen LogP contribution in [0.25, 0.3) is 0 Å². The number of aldehydes is 1. The first-order chi connectivity index (χ1) is 4.43. The molecule has 48 valence electrons. The SMILES string of the molecule is O=CCSc1ncn[nH]1. The third-order valence-corrected chi connectivity index (χ3v) is 1.45. The highest BCUT2D eigenvalue weighted by atomic mass is 32.2.